The summed E-state index contributed by atoms with van der Waals surface area (Å²) in [6.07, 6.45) is 7.68. The molecule has 0 aromatic carbocycles. The molecule has 3 atom stereocenters. The highest BCUT2D eigenvalue weighted by Gasteiger charge is 2.48. The largest absolute Gasteiger partial charge is 0.381 e. The van der Waals surface area contributed by atoms with E-state index in [1.807, 2.05) is 7.11 Å². The fourth-order valence-corrected chi connectivity index (χ4v) is 3.54. The van der Waals surface area contributed by atoms with E-state index < -0.39 is 0 Å². The molecule has 0 radical (unpaired) electrons. The van der Waals surface area contributed by atoms with Crippen LogP contribution in [0.25, 0.3) is 0 Å². The maximum absolute atomic E-state index is 6.37. The summed E-state index contributed by atoms with van der Waals surface area (Å²) in [5, 5.41) is 0. The Morgan fingerprint density at radius 2 is 2.20 bits per heavy atom. The number of ether oxygens (including phenoxy) is 2. The van der Waals surface area contributed by atoms with Gasteiger partial charge in [-0.2, -0.15) is 0 Å². The minimum Gasteiger partial charge on any atom is -0.381 e. The van der Waals surface area contributed by atoms with Crippen LogP contribution in [0.4, 0.5) is 0 Å². The summed E-state index contributed by atoms with van der Waals surface area (Å²) in [7, 11) is 1.83. The smallest absolute Gasteiger partial charge is 0.0752 e. The van der Waals surface area contributed by atoms with Crippen molar-refractivity contribution in [2.45, 2.75) is 62.8 Å². The number of hydrogen-bond donors (Lipinski definition) is 0. The Hall–Kier alpha value is 0.650. The third kappa shape index (κ3) is 2.50. The third-order valence-electron chi connectivity index (χ3n) is 3.95. The molecule has 1 saturated carbocycles. The molecule has 0 amide bonds. The van der Waals surface area contributed by atoms with Crippen molar-refractivity contribution >= 4 is 22.6 Å². The Morgan fingerprint density at radius 3 is 2.80 bits per heavy atom. The zero-order valence-electron chi connectivity index (χ0n) is 9.72. The van der Waals surface area contributed by atoms with Crippen molar-refractivity contribution in [3.05, 3.63) is 0 Å². The second kappa shape index (κ2) is 4.49. The molecule has 0 N–H and O–H groups in total. The quantitative estimate of drug-likeness (QED) is 0.573. The second-order valence-corrected chi connectivity index (χ2v) is 6.09. The molecule has 1 spiro atoms. The van der Waals surface area contributed by atoms with Crippen LogP contribution >= 0.6 is 22.6 Å². The molecular weight excluding hydrogens is 303 g/mol. The van der Waals surface area contributed by atoms with Crippen LogP contribution in [0, 0.1) is 0 Å². The normalized spacial score (nSPS) is 46.2. The van der Waals surface area contributed by atoms with Gasteiger partial charge in [0.2, 0.25) is 0 Å². The van der Waals surface area contributed by atoms with E-state index >= 15 is 0 Å². The molecule has 88 valence electrons. The Bertz CT molecular complexity index is 234. The molecule has 0 aromatic heterocycles. The molecule has 0 aromatic rings. The van der Waals surface area contributed by atoms with Crippen molar-refractivity contribution in [2.75, 3.05) is 11.5 Å². The molecule has 0 bridgehead atoms. The lowest BCUT2D eigenvalue weighted by molar-refractivity contribution is -0.125. The number of alkyl halides is 1. The SMILES string of the molecule is COC1CCCC2(CCC(C)(CI)O2)C1. The number of hydrogen-bond acceptors (Lipinski definition) is 2. The summed E-state index contributed by atoms with van der Waals surface area (Å²) < 4.78 is 13.0. The van der Waals surface area contributed by atoms with Gasteiger partial charge in [-0.15, -0.1) is 0 Å². The van der Waals surface area contributed by atoms with Crippen molar-refractivity contribution in [1.29, 1.82) is 0 Å². The third-order valence-corrected chi connectivity index (χ3v) is 5.56. The molecule has 2 nitrogen and oxygen atoms in total. The van der Waals surface area contributed by atoms with Crippen LogP contribution in [0.15, 0.2) is 0 Å². The van der Waals surface area contributed by atoms with Crippen LogP contribution in [0.5, 0.6) is 0 Å². The van der Waals surface area contributed by atoms with Gasteiger partial charge in [0.15, 0.2) is 0 Å². The summed E-state index contributed by atoms with van der Waals surface area (Å²) in [4.78, 5) is 0. The van der Waals surface area contributed by atoms with Gasteiger partial charge in [-0.3, -0.25) is 0 Å². The highest BCUT2D eigenvalue weighted by Crippen LogP contribution is 2.47. The predicted molar refractivity (Wildman–Crippen MR) is 69.6 cm³/mol. The van der Waals surface area contributed by atoms with E-state index in [0.717, 1.165) is 10.8 Å². The van der Waals surface area contributed by atoms with Gasteiger partial charge in [-0.1, -0.05) is 22.6 Å². The number of halogens is 1. The van der Waals surface area contributed by atoms with Crippen LogP contribution in [0.2, 0.25) is 0 Å². The van der Waals surface area contributed by atoms with Crippen molar-refractivity contribution in [3.63, 3.8) is 0 Å². The summed E-state index contributed by atoms with van der Waals surface area (Å²) in [5.74, 6) is 0. The van der Waals surface area contributed by atoms with E-state index in [0.29, 0.717) is 6.10 Å². The fourth-order valence-electron chi connectivity index (χ4n) is 3.00. The standard InChI is InChI=1S/C12H21IO2/c1-11(9-13)6-7-12(15-11)5-3-4-10(8-12)14-2/h10H,3-9H2,1-2H3. The van der Waals surface area contributed by atoms with Crippen LogP contribution in [0.3, 0.4) is 0 Å². The first-order chi connectivity index (χ1) is 7.11. The lowest BCUT2D eigenvalue weighted by atomic mass is 9.81. The maximum Gasteiger partial charge on any atom is 0.0752 e. The molecular formula is C12H21IO2. The van der Waals surface area contributed by atoms with Crippen LogP contribution in [0.1, 0.15) is 45.4 Å². The zero-order chi connectivity index (χ0) is 10.9. The van der Waals surface area contributed by atoms with E-state index in [1.54, 1.807) is 0 Å². The van der Waals surface area contributed by atoms with Gasteiger partial charge in [-0.25, -0.2) is 0 Å². The van der Waals surface area contributed by atoms with Crippen molar-refractivity contribution in [1.82, 2.24) is 0 Å². The van der Waals surface area contributed by atoms with E-state index in [9.17, 15) is 0 Å². The average Bonchev–Trinajstić information content (AvgIpc) is 2.57. The first kappa shape index (κ1) is 12.1. The zero-order valence-corrected chi connectivity index (χ0v) is 11.9. The summed E-state index contributed by atoms with van der Waals surface area (Å²) in [6, 6.07) is 0. The topological polar surface area (TPSA) is 18.5 Å². The average molecular weight is 324 g/mol. The van der Waals surface area contributed by atoms with E-state index in [4.69, 9.17) is 9.47 Å². The van der Waals surface area contributed by atoms with E-state index in [2.05, 4.69) is 29.5 Å². The summed E-state index contributed by atoms with van der Waals surface area (Å²) in [5.41, 5.74) is 0.273. The number of methoxy groups -OCH3 is 1. The molecule has 1 heterocycles. The van der Waals surface area contributed by atoms with Gasteiger partial charge in [0.05, 0.1) is 17.3 Å². The van der Waals surface area contributed by atoms with Gasteiger partial charge in [-0.05, 0) is 39.0 Å². The van der Waals surface area contributed by atoms with Gasteiger partial charge >= 0.3 is 0 Å². The van der Waals surface area contributed by atoms with Crippen LogP contribution < -0.4 is 0 Å². The molecule has 1 aliphatic heterocycles. The molecule has 1 saturated heterocycles. The van der Waals surface area contributed by atoms with Gasteiger partial charge in [0.1, 0.15) is 0 Å². The second-order valence-electron chi connectivity index (χ2n) is 5.32. The molecule has 3 unspecified atom stereocenters. The summed E-state index contributed by atoms with van der Waals surface area (Å²) in [6.45, 7) is 2.25. The van der Waals surface area contributed by atoms with Crippen LogP contribution in [-0.4, -0.2) is 28.8 Å². The van der Waals surface area contributed by atoms with Crippen molar-refractivity contribution in [2.24, 2.45) is 0 Å². The lowest BCUT2D eigenvalue weighted by Crippen LogP contribution is -2.41. The van der Waals surface area contributed by atoms with E-state index in [-0.39, 0.29) is 11.2 Å². The molecule has 2 fully saturated rings. The molecule has 3 heteroatoms. The molecule has 15 heavy (non-hydrogen) atoms. The molecule has 2 aliphatic rings. The lowest BCUT2D eigenvalue weighted by Gasteiger charge is -2.39. The highest BCUT2D eigenvalue weighted by molar-refractivity contribution is 14.1. The maximum atomic E-state index is 6.37. The van der Waals surface area contributed by atoms with Gasteiger partial charge < -0.3 is 9.47 Å². The first-order valence-corrected chi connectivity index (χ1v) is 7.43. The predicted octanol–water partition coefficient (Wildman–Crippen LogP) is 3.32. The minimum absolute atomic E-state index is 0.121. The molecule has 1 aliphatic carbocycles. The van der Waals surface area contributed by atoms with Gasteiger partial charge in [0, 0.05) is 18.0 Å². The fraction of sp³-hybridized carbons (Fsp3) is 1.00. The Morgan fingerprint density at radius 1 is 1.40 bits per heavy atom. The van der Waals surface area contributed by atoms with E-state index in [1.165, 1.54) is 32.1 Å². The Labute approximate surface area is 106 Å². The first-order valence-electron chi connectivity index (χ1n) is 5.90. The van der Waals surface area contributed by atoms with Crippen LogP contribution in [-0.2, 0) is 9.47 Å². The highest BCUT2D eigenvalue weighted by atomic mass is 127. The number of rotatable bonds is 2. The van der Waals surface area contributed by atoms with Crippen molar-refractivity contribution in [3.8, 4) is 0 Å². The van der Waals surface area contributed by atoms with Gasteiger partial charge in [0.25, 0.3) is 0 Å². The monoisotopic (exact) mass is 324 g/mol. The van der Waals surface area contributed by atoms with Crippen molar-refractivity contribution < 1.29 is 9.47 Å². The minimum atomic E-state index is 0.121. The summed E-state index contributed by atoms with van der Waals surface area (Å²) >= 11 is 2.44. The Kier molecular flexibility index (Phi) is 3.63. The molecule has 2 rings (SSSR count). The Balaban J connectivity index is 2.02.